The van der Waals surface area contributed by atoms with E-state index in [4.69, 9.17) is 5.73 Å². The molecular weight excluding hydrogens is 222 g/mol. The number of carbonyl (C=O) groups excluding carboxylic acids is 1. The third-order valence-electron chi connectivity index (χ3n) is 5.53. The summed E-state index contributed by atoms with van der Waals surface area (Å²) in [5, 5.41) is 0. The minimum absolute atomic E-state index is 0.110. The molecule has 108 valence electrons. The Morgan fingerprint density at radius 1 is 0.944 bits per heavy atom. The third-order valence-corrected chi connectivity index (χ3v) is 5.53. The zero-order valence-corrected chi connectivity index (χ0v) is 13.5. The van der Waals surface area contributed by atoms with Crippen LogP contribution in [0.4, 0.5) is 0 Å². The van der Waals surface area contributed by atoms with Gasteiger partial charge in [-0.05, 0) is 17.3 Å². The first-order valence-electron chi connectivity index (χ1n) is 7.30. The Morgan fingerprint density at radius 3 is 1.83 bits per heavy atom. The second kappa shape index (κ2) is 6.08. The number of nitrogens with two attached hydrogens (primary N) is 1. The van der Waals surface area contributed by atoms with Gasteiger partial charge in [-0.25, -0.2) is 0 Å². The van der Waals surface area contributed by atoms with E-state index in [1.807, 2.05) is 13.8 Å². The summed E-state index contributed by atoms with van der Waals surface area (Å²) in [7, 11) is 0. The number of hydrogen-bond donors (Lipinski definition) is 1. The predicted octanol–water partition coefficient (Wildman–Crippen LogP) is 4.52. The van der Waals surface area contributed by atoms with Crippen LogP contribution in [-0.2, 0) is 4.79 Å². The van der Waals surface area contributed by atoms with Gasteiger partial charge in [0, 0.05) is 5.41 Å². The maximum absolute atomic E-state index is 11.7. The lowest BCUT2D eigenvalue weighted by Crippen LogP contribution is -2.51. The summed E-state index contributed by atoms with van der Waals surface area (Å²) in [5.74, 6) is -0.200. The molecule has 0 aromatic carbocycles. The molecule has 1 amide bonds. The quantitative estimate of drug-likeness (QED) is 0.637. The molecule has 0 aliphatic rings. The highest BCUT2D eigenvalue weighted by molar-refractivity contribution is 5.81. The number of unbranched alkanes of at least 4 members (excludes halogenated alkanes) is 3. The van der Waals surface area contributed by atoms with Gasteiger partial charge in [-0.2, -0.15) is 0 Å². The summed E-state index contributed by atoms with van der Waals surface area (Å²) in [6.45, 7) is 15.1. The van der Waals surface area contributed by atoms with E-state index in [1.165, 1.54) is 25.7 Å². The molecule has 0 aromatic heterocycles. The van der Waals surface area contributed by atoms with Gasteiger partial charge in [-0.15, -0.1) is 0 Å². The van der Waals surface area contributed by atoms with Crippen molar-refractivity contribution in [3.63, 3.8) is 0 Å². The van der Waals surface area contributed by atoms with Gasteiger partial charge < -0.3 is 5.73 Å². The average molecular weight is 255 g/mol. The van der Waals surface area contributed by atoms with Crippen molar-refractivity contribution in [1.82, 2.24) is 0 Å². The summed E-state index contributed by atoms with van der Waals surface area (Å²) < 4.78 is 0. The molecule has 0 saturated heterocycles. The van der Waals surface area contributed by atoms with Crippen LogP contribution in [0.5, 0.6) is 0 Å². The molecule has 0 saturated carbocycles. The monoisotopic (exact) mass is 255 g/mol. The summed E-state index contributed by atoms with van der Waals surface area (Å²) in [6, 6.07) is 0. The van der Waals surface area contributed by atoms with Gasteiger partial charge in [0.15, 0.2) is 0 Å². The van der Waals surface area contributed by atoms with E-state index >= 15 is 0 Å². The fourth-order valence-electron chi connectivity index (χ4n) is 2.46. The number of primary amides is 1. The highest BCUT2D eigenvalue weighted by Crippen LogP contribution is 2.53. The van der Waals surface area contributed by atoms with Crippen LogP contribution in [0.1, 0.15) is 80.6 Å². The van der Waals surface area contributed by atoms with Crippen LogP contribution in [0.3, 0.4) is 0 Å². The molecule has 0 aromatic rings. The van der Waals surface area contributed by atoms with Crippen molar-refractivity contribution in [2.45, 2.75) is 80.6 Å². The van der Waals surface area contributed by atoms with Crippen LogP contribution in [0.2, 0.25) is 0 Å². The molecule has 0 bridgehead atoms. The first-order valence-corrected chi connectivity index (χ1v) is 7.30. The van der Waals surface area contributed by atoms with E-state index in [1.54, 1.807) is 0 Å². The Balaban J connectivity index is 4.80. The fraction of sp³-hybridized carbons (Fsp3) is 0.938. The molecular formula is C16H33NO. The van der Waals surface area contributed by atoms with Crippen LogP contribution in [0.15, 0.2) is 0 Å². The Kier molecular flexibility index (Phi) is 5.90. The lowest BCUT2D eigenvalue weighted by atomic mass is 9.53. The molecule has 2 nitrogen and oxygen atoms in total. The lowest BCUT2D eigenvalue weighted by Gasteiger charge is -2.50. The molecule has 18 heavy (non-hydrogen) atoms. The van der Waals surface area contributed by atoms with Gasteiger partial charge in [0.1, 0.15) is 0 Å². The number of rotatable bonds is 8. The second-order valence-corrected chi connectivity index (χ2v) is 7.31. The molecule has 2 N–H and O–H groups in total. The Labute approximate surface area is 114 Å². The van der Waals surface area contributed by atoms with Crippen molar-refractivity contribution < 1.29 is 4.79 Å². The summed E-state index contributed by atoms with van der Waals surface area (Å²) in [5.41, 5.74) is 5.10. The van der Waals surface area contributed by atoms with Gasteiger partial charge in [-0.1, -0.05) is 74.1 Å². The van der Waals surface area contributed by atoms with E-state index in [-0.39, 0.29) is 16.7 Å². The summed E-state index contributed by atoms with van der Waals surface area (Å²) in [6.07, 6.45) is 6.23. The molecule has 0 aliphatic carbocycles. The standard InChI is InChI=1S/C16H33NO/c1-8-9-10-11-12-14(2,3)16(6,7)15(4,5)13(17)18/h8-12H2,1-7H3,(H2,17,18). The Bertz CT molecular complexity index is 277. The first kappa shape index (κ1) is 17.5. The molecule has 0 rings (SSSR count). The van der Waals surface area contributed by atoms with Crippen molar-refractivity contribution in [3.8, 4) is 0 Å². The van der Waals surface area contributed by atoms with Crippen LogP contribution in [0, 0.1) is 16.2 Å². The number of carbonyl (C=O) groups is 1. The summed E-state index contributed by atoms with van der Waals surface area (Å²) in [4.78, 5) is 11.7. The van der Waals surface area contributed by atoms with Gasteiger partial charge in [-0.3, -0.25) is 4.79 Å². The molecule has 0 aliphatic heterocycles. The highest BCUT2D eigenvalue weighted by atomic mass is 16.1. The zero-order chi connectivity index (χ0) is 14.6. The van der Waals surface area contributed by atoms with Gasteiger partial charge in [0.25, 0.3) is 0 Å². The van der Waals surface area contributed by atoms with Crippen molar-refractivity contribution in [2.24, 2.45) is 22.0 Å². The molecule has 0 spiro atoms. The maximum Gasteiger partial charge on any atom is 0.223 e. The number of hydrogen-bond acceptors (Lipinski definition) is 1. The van der Waals surface area contributed by atoms with Gasteiger partial charge >= 0.3 is 0 Å². The van der Waals surface area contributed by atoms with Crippen molar-refractivity contribution >= 4 is 5.91 Å². The van der Waals surface area contributed by atoms with Crippen molar-refractivity contribution in [1.29, 1.82) is 0 Å². The van der Waals surface area contributed by atoms with Gasteiger partial charge in [0.05, 0.1) is 0 Å². The smallest absolute Gasteiger partial charge is 0.223 e. The largest absolute Gasteiger partial charge is 0.369 e. The van der Waals surface area contributed by atoms with Crippen LogP contribution >= 0.6 is 0 Å². The molecule has 0 atom stereocenters. The first-order chi connectivity index (χ1) is 8.00. The normalized spacial score (nSPS) is 13.7. The molecule has 0 heterocycles. The summed E-state index contributed by atoms with van der Waals surface area (Å²) >= 11 is 0. The molecule has 0 radical (unpaired) electrons. The predicted molar refractivity (Wildman–Crippen MR) is 79.3 cm³/mol. The Morgan fingerprint density at radius 2 is 1.44 bits per heavy atom. The van der Waals surface area contributed by atoms with E-state index < -0.39 is 5.41 Å². The van der Waals surface area contributed by atoms with E-state index in [0.717, 1.165) is 6.42 Å². The van der Waals surface area contributed by atoms with Crippen LogP contribution in [0.25, 0.3) is 0 Å². The maximum atomic E-state index is 11.7. The van der Waals surface area contributed by atoms with Crippen LogP contribution in [-0.4, -0.2) is 5.91 Å². The van der Waals surface area contributed by atoms with Crippen molar-refractivity contribution in [2.75, 3.05) is 0 Å². The second-order valence-electron chi connectivity index (χ2n) is 7.31. The van der Waals surface area contributed by atoms with E-state index in [2.05, 4.69) is 34.6 Å². The SMILES string of the molecule is CCCCCCC(C)(C)C(C)(C)C(C)(C)C(N)=O. The van der Waals surface area contributed by atoms with E-state index in [9.17, 15) is 4.79 Å². The molecule has 0 unspecified atom stereocenters. The highest BCUT2D eigenvalue weighted by Gasteiger charge is 2.50. The Hall–Kier alpha value is -0.530. The van der Waals surface area contributed by atoms with Gasteiger partial charge in [0.2, 0.25) is 5.91 Å². The third kappa shape index (κ3) is 3.49. The minimum Gasteiger partial charge on any atom is -0.369 e. The van der Waals surface area contributed by atoms with Crippen LogP contribution < -0.4 is 5.73 Å². The minimum atomic E-state index is -0.485. The number of amides is 1. The zero-order valence-electron chi connectivity index (χ0n) is 13.5. The average Bonchev–Trinajstić information content (AvgIpc) is 2.23. The van der Waals surface area contributed by atoms with Crippen molar-refractivity contribution in [3.05, 3.63) is 0 Å². The molecule has 2 heteroatoms. The lowest BCUT2D eigenvalue weighted by molar-refractivity contribution is -0.138. The topological polar surface area (TPSA) is 43.1 Å². The fourth-order valence-corrected chi connectivity index (χ4v) is 2.46. The van der Waals surface area contributed by atoms with E-state index in [0.29, 0.717) is 0 Å². The molecule has 0 fully saturated rings.